The number of nitrogens with zero attached hydrogens (tertiary/aromatic N) is 1. The average Bonchev–Trinajstić information content (AvgIpc) is 2.47. The van der Waals surface area contributed by atoms with Crippen molar-refractivity contribution in [2.24, 2.45) is 5.73 Å². The van der Waals surface area contributed by atoms with Crippen molar-refractivity contribution >= 4 is 23.2 Å². The normalized spacial score (nSPS) is 9.95. The molecule has 0 aliphatic heterocycles. The largest absolute Gasteiger partial charge is 0.380 e. The number of hydrogen-bond acceptors (Lipinski definition) is 3. The van der Waals surface area contributed by atoms with Crippen molar-refractivity contribution in [1.29, 1.82) is 5.26 Å². The molecular weight excluding hydrogens is 286 g/mol. The molecule has 21 heavy (non-hydrogen) atoms. The lowest BCUT2D eigenvalue weighted by molar-refractivity contribution is 0.1000. The summed E-state index contributed by atoms with van der Waals surface area (Å²) in [5.74, 6) is -0.442. The molecule has 0 heterocycles. The van der Waals surface area contributed by atoms with Crippen molar-refractivity contribution in [2.45, 2.75) is 13.5 Å². The smallest absolute Gasteiger partial charge is 0.248 e. The van der Waals surface area contributed by atoms with Crippen molar-refractivity contribution in [2.75, 3.05) is 5.32 Å². The van der Waals surface area contributed by atoms with Crippen LogP contribution < -0.4 is 11.1 Å². The van der Waals surface area contributed by atoms with Crippen LogP contribution in [0.4, 0.5) is 5.69 Å². The summed E-state index contributed by atoms with van der Waals surface area (Å²) in [5, 5.41) is 12.7. The van der Waals surface area contributed by atoms with Crippen LogP contribution in [-0.4, -0.2) is 5.91 Å². The highest BCUT2D eigenvalue weighted by Crippen LogP contribution is 2.24. The summed E-state index contributed by atoms with van der Waals surface area (Å²) >= 11 is 6.09. The van der Waals surface area contributed by atoms with Gasteiger partial charge in [-0.05, 0) is 48.4 Å². The minimum absolute atomic E-state index is 0.442. The number of carbonyl (C=O) groups excluding carboxylic acids is 1. The molecule has 4 nitrogen and oxygen atoms in total. The summed E-state index contributed by atoms with van der Waals surface area (Å²) in [6.07, 6.45) is 0. The van der Waals surface area contributed by atoms with Gasteiger partial charge in [0.2, 0.25) is 5.91 Å². The molecule has 2 rings (SSSR count). The van der Waals surface area contributed by atoms with E-state index in [0.717, 1.165) is 11.1 Å². The molecule has 0 saturated heterocycles. The molecule has 3 N–H and O–H groups in total. The summed E-state index contributed by atoms with van der Waals surface area (Å²) in [7, 11) is 0. The molecular formula is C16H14ClN3O. The number of hydrogen-bond donors (Lipinski definition) is 2. The number of anilines is 1. The predicted molar refractivity (Wildman–Crippen MR) is 83.2 cm³/mol. The van der Waals surface area contributed by atoms with Crippen LogP contribution in [0.5, 0.6) is 0 Å². The lowest BCUT2D eigenvalue weighted by Gasteiger charge is -2.11. The number of nitriles is 1. The number of halogens is 1. The Balaban J connectivity index is 2.17. The third-order valence-electron chi connectivity index (χ3n) is 3.19. The lowest BCUT2D eigenvalue weighted by atomic mass is 10.0. The number of nitrogens with two attached hydrogens (primary N) is 1. The summed E-state index contributed by atoms with van der Waals surface area (Å²) in [4.78, 5) is 11.1. The minimum atomic E-state index is -0.442. The number of rotatable bonds is 4. The van der Waals surface area contributed by atoms with Gasteiger partial charge in [0.1, 0.15) is 0 Å². The molecule has 1 amide bonds. The third-order valence-corrected chi connectivity index (χ3v) is 3.52. The standard InChI is InChI=1S/C16H14ClN3O/c1-10-6-12(16(19)21)3-4-13(10)9-20-15-7-11(8-18)2-5-14(15)17/h2-7,20H,9H2,1H3,(H2,19,21). The molecule has 0 aliphatic rings. The fraction of sp³-hybridized carbons (Fsp3) is 0.125. The van der Waals surface area contributed by atoms with E-state index < -0.39 is 5.91 Å². The monoisotopic (exact) mass is 299 g/mol. The first-order valence-electron chi connectivity index (χ1n) is 6.34. The van der Waals surface area contributed by atoms with Crippen molar-refractivity contribution in [3.8, 4) is 6.07 Å². The molecule has 0 fully saturated rings. The zero-order chi connectivity index (χ0) is 15.4. The Bertz CT molecular complexity index is 735. The maximum absolute atomic E-state index is 11.1. The van der Waals surface area contributed by atoms with Gasteiger partial charge in [0.05, 0.1) is 22.3 Å². The van der Waals surface area contributed by atoms with Crippen molar-refractivity contribution < 1.29 is 4.79 Å². The van der Waals surface area contributed by atoms with Crippen molar-refractivity contribution in [3.63, 3.8) is 0 Å². The molecule has 106 valence electrons. The summed E-state index contributed by atoms with van der Waals surface area (Å²) in [6.45, 7) is 2.45. The Morgan fingerprint density at radius 1 is 1.33 bits per heavy atom. The molecule has 0 spiro atoms. The van der Waals surface area contributed by atoms with Gasteiger partial charge in [0, 0.05) is 12.1 Å². The van der Waals surface area contributed by atoms with Crippen LogP contribution in [0.15, 0.2) is 36.4 Å². The topological polar surface area (TPSA) is 78.9 Å². The van der Waals surface area contributed by atoms with Gasteiger partial charge < -0.3 is 11.1 Å². The summed E-state index contributed by atoms with van der Waals surface area (Å²) < 4.78 is 0. The maximum atomic E-state index is 11.1. The van der Waals surface area contributed by atoms with Gasteiger partial charge in [-0.15, -0.1) is 0 Å². The quantitative estimate of drug-likeness (QED) is 0.909. The highest BCUT2D eigenvalue weighted by molar-refractivity contribution is 6.33. The van der Waals surface area contributed by atoms with E-state index in [0.29, 0.717) is 28.4 Å². The highest BCUT2D eigenvalue weighted by atomic mass is 35.5. The van der Waals surface area contributed by atoms with E-state index in [4.69, 9.17) is 22.6 Å². The number of primary amides is 1. The predicted octanol–water partition coefficient (Wildman–Crippen LogP) is 3.23. The highest BCUT2D eigenvalue weighted by Gasteiger charge is 2.06. The van der Waals surface area contributed by atoms with Crippen LogP contribution in [0.2, 0.25) is 5.02 Å². The number of amides is 1. The van der Waals surface area contributed by atoms with E-state index in [1.807, 2.05) is 13.0 Å². The Kier molecular flexibility index (Phi) is 4.46. The van der Waals surface area contributed by atoms with Crippen molar-refractivity contribution in [1.82, 2.24) is 0 Å². The number of carbonyl (C=O) groups is 1. The van der Waals surface area contributed by atoms with E-state index in [-0.39, 0.29) is 0 Å². The van der Waals surface area contributed by atoms with Crippen LogP contribution in [-0.2, 0) is 6.54 Å². The van der Waals surface area contributed by atoms with Crippen LogP contribution >= 0.6 is 11.6 Å². The fourth-order valence-electron chi connectivity index (χ4n) is 1.97. The Labute approximate surface area is 128 Å². The van der Waals surface area contributed by atoms with Crippen molar-refractivity contribution in [3.05, 3.63) is 63.7 Å². The zero-order valence-corrected chi connectivity index (χ0v) is 12.2. The van der Waals surface area contributed by atoms with Gasteiger partial charge >= 0.3 is 0 Å². The second-order valence-electron chi connectivity index (χ2n) is 4.67. The van der Waals surface area contributed by atoms with Gasteiger partial charge in [0.25, 0.3) is 0 Å². The van der Waals surface area contributed by atoms with Crippen LogP contribution in [0.1, 0.15) is 27.0 Å². The Morgan fingerprint density at radius 3 is 2.71 bits per heavy atom. The molecule has 0 unspecified atom stereocenters. The fourth-order valence-corrected chi connectivity index (χ4v) is 2.15. The van der Waals surface area contributed by atoms with Gasteiger partial charge in [-0.3, -0.25) is 4.79 Å². The van der Waals surface area contributed by atoms with E-state index >= 15 is 0 Å². The SMILES string of the molecule is Cc1cc(C(N)=O)ccc1CNc1cc(C#N)ccc1Cl. The number of benzene rings is 2. The number of aryl methyl sites for hydroxylation is 1. The maximum Gasteiger partial charge on any atom is 0.248 e. The molecule has 0 bridgehead atoms. The second-order valence-corrected chi connectivity index (χ2v) is 5.07. The molecule has 0 aromatic heterocycles. The first kappa shape index (κ1) is 14.9. The third kappa shape index (κ3) is 3.53. The molecule has 0 radical (unpaired) electrons. The first-order valence-corrected chi connectivity index (χ1v) is 6.72. The van der Waals surface area contributed by atoms with Gasteiger partial charge in [-0.25, -0.2) is 0 Å². The molecule has 0 atom stereocenters. The molecule has 0 saturated carbocycles. The van der Waals surface area contributed by atoms with E-state index in [9.17, 15) is 4.79 Å². The van der Waals surface area contributed by atoms with Gasteiger partial charge in [-0.2, -0.15) is 5.26 Å². The average molecular weight is 300 g/mol. The van der Waals surface area contributed by atoms with E-state index in [1.165, 1.54) is 0 Å². The summed E-state index contributed by atoms with van der Waals surface area (Å²) in [6, 6.07) is 12.4. The molecule has 2 aromatic rings. The second kappa shape index (κ2) is 6.29. The van der Waals surface area contributed by atoms with Crippen LogP contribution in [0.3, 0.4) is 0 Å². The Morgan fingerprint density at radius 2 is 2.10 bits per heavy atom. The minimum Gasteiger partial charge on any atom is -0.380 e. The van der Waals surface area contributed by atoms with Gasteiger partial charge in [0.15, 0.2) is 0 Å². The summed E-state index contributed by atoms with van der Waals surface area (Å²) in [5.41, 5.74) is 8.97. The van der Waals surface area contributed by atoms with Crippen LogP contribution in [0.25, 0.3) is 0 Å². The zero-order valence-electron chi connectivity index (χ0n) is 11.5. The molecule has 5 heteroatoms. The van der Waals surface area contributed by atoms with Crippen LogP contribution in [0, 0.1) is 18.3 Å². The Hall–Kier alpha value is -2.51. The molecule has 0 aliphatic carbocycles. The molecule has 2 aromatic carbocycles. The number of nitrogens with one attached hydrogen (secondary N) is 1. The van der Waals surface area contributed by atoms with Gasteiger partial charge in [-0.1, -0.05) is 17.7 Å². The lowest BCUT2D eigenvalue weighted by Crippen LogP contribution is -2.11. The van der Waals surface area contributed by atoms with E-state index in [1.54, 1.807) is 30.3 Å². The van der Waals surface area contributed by atoms with E-state index in [2.05, 4.69) is 11.4 Å². The first-order chi connectivity index (χ1) is 10.0.